The third-order valence-electron chi connectivity index (χ3n) is 2.79. The second kappa shape index (κ2) is 5.69. The van der Waals surface area contributed by atoms with Gasteiger partial charge in [-0.1, -0.05) is 0 Å². The van der Waals surface area contributed by atoms with Crippen LogP contribution in [0.3, 0.4) is 0 Å². The number of Topliss-reactive ketones (excluding diaryl/α,β-unsaturated/α-hetero) is 1. The average molecular weight is 267 g/mol. The monoisotopic (exact) mass is 267 g/mol. The minimum absolute atomic E-state index is 0.256. The van der Waals surface area contributed by atoms with Gasteiger partial charge in [0.05, 0.1) is 18.4 Å². The van der Waals surface area contributed by atoms with Gasteiger partial charge >= 0.3 is 11.9 Å². The summed E-state index contributed by atoms with van der Waals surface area (Å²) in [6.07, 6.45) is -0.903. The maximum absolute atomic E-state index is 12.1. The minimum atomic E-state index is -0.903. The lowest BCUT2D eigenvalue weighted by molar-refractivity contribution is -0.143. The molecule has 1 N–H and O–H groups in total. The Hall–Kier alpha value is -2.11. The Labute approximate surface area is 111 Å². The van der Waals surface area contributed by atoms with E-state index < -0.39 is 18.0 Å². The van der Waals surface area contributed by atoms with Crippen LogP contribution in [-0.2, 0) is 14.3 Å². The number of aryl methyl sites for hydroxylation is 1. The highest BCUT2D eigenvalue weighted by Crippen LogP contribution is 2.20. The van der Waals surface area contributed by atoms with Gasteiger partial charge in [-0.3, -0.25) is 9.59 Å². The first-order valence-electron chi connectivity index (χ1n) is 5.78. The minimum Gasteiger partial charge on any atom is -0.465 e. The van der Waals surface area contributed by atoms with Crippen molar-refractivity contribution in [1.29, 1.82) is 0 Å². The van der Waals surface area contributed by atoms with Crippen LogP contribution in [0.4, 0.5) is 0 Å². The van der Waals surface area contributed by atoms with Gasteiger partial charge in [-0.05, 0) is 26.3 Å². The molecule has 104 valence electrons. The summed E-state index contributed by atoms with van der Waals surface area (Å²) in [5.41, 5.74) is 1.63. The number of aromatic nitrogens is 1. The topological polar surface area (TPSA) is 85.5 Å². The van der Waals surface area contributed by atoms with E-state index in [4.69, 9.17) is 4.74 Å². The van der Waals surface area contributed by atoms with Crippen LogP contribution in [0.5, 0.6) is 0 Å². The van der Waals surface area contributed by atoms with Gasteiger partial charge in [0, 0.05) is 12.6 Å². The largest absolute Gasteiger partial charge is 0.465 e. The average Bonchev–Trinajstić information content (AvgIpc) is 2.62. The highest BCUT2D eigenvalue weighted by molar-refractivity contribution is 6.03. The standard InChI is InChI=1S/C13H17NO5/c1-6-10(13(17)18-5)7(2)14-11(6)12(16)8(3)19-9(4)15/h8,14H,1-5H3/t8-/m0/s1. The number of carbonyl (C=O) groups excluding carboxylic acids is 3. The Morgan fingerprint density at radius 1 is 1.21 bits per heavy atom. The van der Waals surface area contributed by atoms with E-state index in [0.717, 1.165) is 0 Å². The van der Waals surface area contributed by atoms with Crippen molar-refractivity contribution in [2.45, 2.75) is 33.8 Å². The van der Waals surface area contributed by atoms with Crippen molar-refractivity contribution in [2.75, 3.05) is 7.11 Å². The van der Waals surface area contributed by atoms with Gasteiger partial charge in [-0.2, -0.15) is 0 Å². The van der Waals surface area contributed by atoms with E-state index in [1.165, 1.54) is 21.0 Å². The Morgan fingerprint density at radius 2 is 1.79 bits per heavy atom. The SMILES string of the molecule is COC(=O)c1c(C)[nH]c(C(=O)[C@H](C)OC(C)=O)c1C. The first kappa shape index (κ1) is 14.9. The highest BCUT2D eigenvalue weighted by Gasteiger charge is 2.26. The zero-order chi connectivity index (χ0) is 14.7. The summed E-state index contributed by atoms with van der Waals surface area (Å²) in [4.78, 5) is 37.4. The summed E-state index contributed by atoms with van der Waals surface area (Å²) >= 11 is 0. The van der Waals surface area contributed by atoms with Crippen LogP contribution in [0.2, 0.25) is 0 Å². The summed E-state index contributed by atoms with van der Waals surface area (Å²) in [5, 5.41) is 0. The Kier molecular flexibility index (Phi) is 4.47. The van der Waals surface area contributed by atoms with Crippen LogP contribution < -0.4 is 0 Å². The van der Waals surface area contributed by atoms with E-state index >= 15 is 0 Å². The molecule has 0 aliphatic rings. The second-order valence-corrected chi connectivity index (χ2v) is 4.23. The third-order valence-corrected chi connectivity index (χ3v) is 2.79. The van der Waals surface area contributed by atoms with Gasteiger partial charge in [0.25, 0.3) is 0 Å². The molecule has 0 bridgehead atoms. The van der Waals surface area contributed by atoms with Crippen LogP contribution >= 0.6 is 0 Å². The summed E-state index contributed by atoms with van der Waals surface area (Å²) in [6, 6.07) is 0. The van der Waals surface area contributed by atoms with Crippen LogP contribution in [-0.4, -0.2) is 35.9 Å². The smallest absolute Gasteiger partial charge is 0.339 e. The Morgan fingerprint density at radius 3 is 2.26 bits per heavy atom. The molecule has 0 fully saturated rings. The van der Waals surface area contributed by atoms with Crippen molar-refractivity contribution >= 4 is 17.7 Å². The Balaban J connectivity index is 3.12. The number of ketones is 1. The van der Waals surface area contributed by atoms with E-state index in [9.17, 15) is 14.4 Å². The van der Waals surface area contributed by atoms with Gasteiger partial charge < -0.3 is 14.5 Å². The van der Waals surface area contributed by atoms with Crippen LogP contribution in [0.15, 0.2) is 0 Å². The lowest BCUT2D eigenvalue weighted by Crippen LogP contribution is -2.24. The van der Waals surface area contributed by atoms with Crippen LogP contribution in [0.1, 0.15) is 46.0 Å². The van der Waals surface area contributed by atoms with Gasteiger partial charge in [0.1, 0.15) is 0 Å². The number of hydrogen-bond donors (Lipinski definition) is 1. The molecule has 1 aromatic rings. The fraction of sp³-hybridized carbons (Fsp3) is 0.462. The number of rotatable bonds is 4. The molecule has 19 heavy (non-hydrogen) atoms. The van der Waals surface area contributed by atoms with Crippen LogP contribution in [0, 0.1) is 13.8 Å². The lowest BCUT2D eigenvalue weighted by atomic mass is 10.1. The molecule has 0 saturated heterocycles. The summed E-state index contributed by atoms with van der Waals surface area (Å²) in [7, 11) is 1.27. The lowest BCUT2D eigenvalue weighted by Gasteiger charge is -2.10. The molecule has 0 saturated carbocycles. The molecule has 1 aromatic heterocycles. The number of hydrogen-bond acceptors (Lipinski definition) is 5. The van der Waals surface area contributed by atoms with E-state index in [1.54, 1.807) is 13.8 Å². The molecule has 6 nitrogen and oxygen atoms in total. The van der Waals surface area contributed by atoms with Crippen LogP contribution in [0.25, 0.3) is 0 Å². The summed E-state index contributed by atoms with van der Waals surface area (Å²) in [6.45, 7) is 6.03. The second-order valence-electron chi connectivity index (χ2n) is 4.23. The van der Waals surface area contributed by atoms with Crippen molar-refractivity contribution in [3.8, 4) is 0 Å². The fourth-order valence-electron chi connectivity index (χ4n) is 1.91. The first-order valence-corrected chi connectivity index (χ1v) is 5.78. The third kappa shape index (κ3) is 3.01. The predicted octanol–water partition coefficient (Wildman–Crippen LogP) is 1.55. The first-order chi connectivity index (χ1) is 8.79. The molecule has 0 spiro atoms. The Bertz CT molecular complexity index is 529. The molecule has 0 aromatic carbocycles. The molecular formula is C13H17NO5. The molecule has 0 aliphatic carbocycles. The molecule has 6 heteroatoms. The molecule has 0 amide bonds. The van der Waals surface area contributed by atoms with Gasteiger partial charge in [-0.15, -0.1) is 0 Å². The number of H-pyrrole nitrogens is 1. The van der Waals surface area contributed by atoms with Crippen molar-refractivity contribution in [3.05, 3.63) is 22.5 Å². The summed E-state index contributed by atoms with van der Waals surface area (Å²) < 4.78 is 9.49. The molecule has 1 rings (SSSR count). The van der Waals surface area contributed by atoms with Crippen molar-refractivity contribution < 1.29 is 23.9 Å². The molecule has 1 heterocycles. The van der Waals surface area contributed by atoms with Crippen molar-refractivity contribution in [3.63, 3.8) is 0 Å². The predicted molar refractivity (Wildman–Crippen MR) is 67.2 cm³/mol. The zero-order valence-electron chi connectivity index (χ0n) is 11.6. The van der Waals surface area contributed by atoms with Crippen molar-refractivity contribution in [2.24, 2.45) is 0 Å². The van der Waals surface area contributed by atoms with E-state index in [-0.39, 0.29) is 11.5 Å². The number of methoxy groups -OCH3 is 1. The van der Waals surface area contributed by atoms with Gasteiger partial charge in [-0.25, -0.2) is 4.79 Å². The normalized spacial score (nSPS) is 11.8. The number of carbonyl (C=O) groups is 3. The zero-order valence-corrected chi connectivity index (χ0v) is 11.6. The maximum atomic E-state index is 12.1. The van der Waals surface area contributed by atoms with E-state index in [2.05, 4.69) is 9.72 Å². The summed E-state index contributed by atoms with van der Waals surface area (Å²) in [5.74, 6) is -1.42. The fourth-order valence-corrected chi connectivity index (χ4v) is 1.91. The number of ether oxygens (including phenoxy) is 2. The number of aromatic amines is 1. The number of nitrogens with one attached hydrogen (secondary N) is 1. The van der Waals surface area contributed by atoms with Crippen molar-refractivity contribution in [1.82, 2.24) is 4.98 Å². The quantitative estimate of drug-likeness (QED) is 0.660. The molecular weight excluding hydrogens is 250 g/mol. The highest BCUT2D eigenvalue weighted by atomic mass is 16.5. The van der Waals surface area contributed by atoms with Gasteiger partial charge in [0.2, 0.25) is 5.78 Å². The molecule has 0 radical (unpaired) electrons. The molecule has 0 unspecified atom stereocenters. The number of esters is 2. The van der Waals surface area contributed by atoms with E-state index in [0.29, 0.717) is 16.8 Å². The van der Waals surface area contributed by atoms with E-state index in [1.807, 2.05) is 0 Å². The van der Waals surface area contributed by atoms with Gasteiger partial charge in [0.15, 0.2) is 6.10 Å². The maximum Gasteiger partial charge on any atom is 0.339 e. The molecule has 1 atom stereocenters. The molecule has 0 aliphatic heterocycles.